The summed E-state index contributed by atoms with van der Waals surface area (Å²) in [5.41, 5.74) is -6.69. The van der Waals surface area contributed by atoms with Gasteiger partial charge in [0.1, 0.15) is 6.61 Å². The Bertz CT molecular complexity index is 897. The van der Waals surface area contributed by atoms with Crippen molar-refractivity contribution in [3.05, 3.63) is 4.13 Å². The summed E-state index contributed by atoms with van der Waals surface area (Å²) in [7, 11) is -11.6. The molecule has 0 heterocycles. The fourth-order valence-corrected chi connectivity index (χ4v) is 4.09. The van der Waals surface area contributed by atoms with Crippen molar-refractivity contribution < 1.29 is 105 Å². The zero-order chi connectivity index (χ0) is 30.0. The van der Waals surface area contributed by atoms with Crippen molar-refractivity contribution in [3.8, 4) is 0 Å². The van der Waals surface area contributed by atoms with Gasteiger partial charge in [0.25, 0.3) is 0 Å². The third-order valence-corrected chi connectivity index (χ3v) is 8.04. The van der Waals surface area contributed by atoms with E-state index in [4.69, 9.17) is 4.74 Å². The predicted molar refractivity (Wildman–Crippen MR) is 137 cm³/mol. The molecule has 1 atom stereocenters. The molecule has 0 saturated heterocycles. The van der Waals surface area contributed by atoms with Crippen LogP contribution in [-0.4, -0.2) is 54.1 Å². The monoisotopic (exact) mass is 637 g/mol. The van der Waals surface area contributed by atoms with Crippen LogP contribution in [-0.2, 0) is 43.6 Å². The Hall–Kier alpha value is 0.186. The molecule has 0 aliphatic rings. The van der Waals surface area contributed by atoms with Crippen LogP contribution >= 0.6 is 0 Å². The summed E-state index contributed by atoms with van der Waals surface area (Å²) in [6.07, 6.45) is 10.1. The summed E-state index contributed by atoms with van der Waals surface area (Å²) in [5.74, 6) is -0.645. The van der Waals surface area contributed by atoms with E-state index in [0.29, 0.717) is 13.0 Å². The molecule has 0 radical (unpaired) electrons. The molecule has 16 heteroatoms. The maximum atomic E-state index is 12.0. The number of esters is 2. The molecule has 0 bridgehead atoms. The third-order valence-electron chi connectivity index (χ3n) is 5.47. The van der Waals surface area contributed by atoms with Crippen LogP contribution in [0.1, 0.15) is 99.3 Å². The van der Waals surface area contributed by atoms with Gasteiger partial charge < -0.3 is 13.6 Å². The van der Waals surface area contributed by atoms with Crippen molar-refractivity contribution >= 4 is 32.3 Å². The largest absolute Gasteiger partial charge is 1.00 e. The molecule has 1 unspecified atom stereocenters. The number of hydrogen-bond donors (Lipinski definition) is 0. The second kappa shape index (κ2) is 21.8. The van der Waals surface area contributed by atoms with Crippen molar-refractivity contribution in [1.82, 2.24) is 0 Å². The maximum absolute atomic E-state index is 12.0. The molecular formula is C23H43F3KNO9S2. The van der Waals surface area contributed by atoms with Gasteiger partial charge in [-0.3, -0.25) is 13.8 Å². The van der Waals surface area contributed by atoms with Crippen molar-refractivity contribution in [1.29, 1.82) is 0 Å². The van der Waals surface area contributed by atoms with E-state index in [2.05, 4.69) is 15.8 Å². The molecule has 0 fully saturated rings. The fraction of sp³-hybridized carbons (Fsp3) is 0.913. The summed E-state index contributed by atoms with van der Waals surface area (Å²) in [6.45, 7) is 10.2. The summed E-state index contributed by atoms with van der Waals surface area (Å²) in [5, 5.41) is 0. The summed E-state index contributed by atoms with van der Waals surface area (Å²) >= 11 is 0. The maximum Gasteiger partial charge on any atom is 1.00 e. The number of alkyl halides is 3. The second-order valence-corrected chi connectivity index (χ2v) is 12.3. The Morgan fingerprint density at radius 3 is 1.79 bits per heavy atom. The van der Waals surface area contributed by atoms with E-state index in [-0.39, 0.29) is 63.3 Å². The van der Waals surface area contributed by atoms with Gasteiger partial charge in [0.15, 0.2) is 10.0 Å². The molecular weight excluding hydrogens is 594 g/mol. The fourth-order valence-electron chi connectivity index (χ4n) is 2.34. The number of carbonyl (C=O) groups is 2. The Labute approximate surface area is 274 Å². The zero-order valence-electron chi connectivity index (χ0n) is 24.1. The van der Waals surface area contributed by atoms with Gasteiger partial charge in [-0.05, 0) is 33.1 Å². The van der Waals surface area contributed by atoms with Crippen LogP contribution in [0.5, 0.6) is 0 Å². The van der Waals surface area contributed by atoms with E-state index in [0.717, 1.165) is 12.8 Å². The minimum atomic E-state index is -6.23. The number of unbranched alkanes of at least 4 members (excludes halogenated alkanes) is 6. The van der Waals surface area contributed by atoms with Gasteiger partial charge in [-0.1, -0.05) is 66.2 Å². The first-order valence-corrected chi connectivity index (χ1v) is 15.5. The first kappa shape index (κ1) is 43.6. The van der Waals surface area contributed by atoms with Crippen LogP contribution in [0, 0.1) is 11.3 Å². The van der Waals surface area contributed by atoms with Crippen LogP contribution in [0.15, 0.2) is 0 Å². The Morgan fingerprint density at radius 2 is 1.33 bits per heavy atom. The first-order chi connectivity index (χ1) is 17.4. The molecule has 0 spiro atoms. The summed E-state index contributed by atoms with van der Waals surface area (Å²) < 4.78 is 94.3. The molecule has 0 aliphatic carbocycles. The third kappa shape index (κ3) is 21.5. The number of hydrogen-bond acceptors (Lipinski definition) is 9. The van der Waals surface area contributed by atoms with E-state index in [1.54, 1.807) is 24.9 Å². The van der Waals surface area contributed by atoms with Crippen molar-refractivity contribution in [2.45, 2.75) is 105 Å². The quantitative estimate of drug-likeness (QED) is 0.126. The van der Waals surface area contributed by atoms with E-state index in [9.17, 15) is 39.6 Å². The van der Waals surface area contributed by atoms with Gasteiger partial charge in [-0.15, -0.1) is 0 Å². The van der Waals surface area contributed by atoms with Crippen LogP contribution in [0.2, 0.25) is 0 Å². The molecule has 228 valence electrons. The number of nitrogens with zero attached hydrogens (tertiary/aromatic N) is 1. The minimum absolute atomic E-state index is 0. The summed E-state index contributed by atoms with van der Waals surface area (Å²) in [6, 6.07) is 0. The number of rotatable bonds is 18. The molecule has 0 aromatic heterocycles. The van der Waals surface area contributed by atoms with Crippen molar-refractivity contribution in [3.63, 3.8) is 0 Å². The average molecular weight is 638 g/mol. The molecule has 0 aliphatic heterocycles. The molecule has 10 nitrogen and oxygen atoms in total. The van der Waals surface area contributed by atoms with Gasteiger partial charge in [0, 0.05) is 0 Å². The number of carbonyl (C=O) groups excluding carboxylic acids is 2. The molecule has 0 aromatic rings. The van der Waals surface area contributed by atoms with E-state index < -0.39 is 50.4 Å². The predicted octanol–water partition coefficient (Wildman–Crippen LogP) is 2.78. The SMILES string of the molecule is CCC(C)(C)C(=O)OCCOS(=O)(=O)[N-]S(=O)(=O)C(F)(F)F.CCCCCCCCCOC(=O)C(C)CC.[K+]. The zero-order valence-corrected chi connectivity index (χ0v) is 28.9. The van der Waals surface area contributed by atoms with Gasteiger partial charge in [-0.2, -0.15) is 13.2 Å². The van der Waals surface area contributed by atoms with Gasteiger partial charge in [0.05, 0.1) is 24.5 Å². The van der Waals surface area contributed by atoms with Crippen molar-refractivity contribution in [2.24, 2.45) is 11.3 Å². The minimum Gasteiger partial charge on any atom is -0.465 e. The van der Waals surface area contributed by atoms with Crippen LogP contribution in [0.4, 0.5) is 13.2 Å². The topological polar surface area (TPSA) is 144 Å². The molecule has 39 heavy (non-hydrogen) atoms. The Balaban J connectivity index is -0.000000679. The first-order valence-electron chi connectivity index (χ1n) is 12.7. The van der Waals surface area contributed by atoms with Crippen LogP contribution in [0.25, 0.3) is 4.13 Å². The molecule has 0 saturated carbocycles. The molecule has 0 N–H and O–H groups in total. The van der Waals surface area contributed by atoms with Crippen LogP contribution in [0.3, 0.4) is 0 Å². The summed E-state index contributed by atoms with van der Waals surface area (Å²) in [4.78, 5) is 22.8. The number of halogens is 3. The van der Waals surface area contributed by atoms with Gasteiger partial charge >= 0.3 is 68.8 Å². The Morgan fingerprint density at radius 1 is 0.821 bits per heavy atom. The molecule has 0 amide bonds. The molecule has 0 rings (SSSR count). The molecule has 0 aromatic carbocycles. The standard InChI is InChI=1S/C14H28O2.C9H15F3NO7S2.K/c1-4-6-7-8-9-10-11-12-16-14(15)13(3)5-2;1-4-8(2,3)7(14)19-5-6-20-22(17,18)13-21(15,16)9(10,11)12;/h13H,4-12H2,1-3H3;4-6H2,1-3H3;/q;-1;+1. The van der Waals surface area contributed by atoms with E-state index in [1.165, 1.54) is 38.5 Å². The van der Waals surface area contributed by atoms with Crippen molar-refractivity contribution in [2.75, 3.05) is 19.8 Å². The number of ether oxygens (including phenoxy) is 2. The smallest absolute Gasteiger partial charge is 0.465 e. The average Bonchev–Trinajstić information content (AvgIpc) is 2.81. The van der Waals surface area contributed by atoms with Gasteiger partial charge in [-0.25, -0.2) is 16.8 Å². The Kier molecular flexibility index (Phi) is 24.4. The van der Waals surface area contributed by atoms with Gasteiger partial charge in [0.2, 0.25) is 10.3 Å². The van der Waals surface area contributed by atoms with Crippen LogP contribution < -0.4 is 51.4 Å². The van der Waals surface area contributed by atoms with E-state index in [1.807, 2.05) is 13.8 Å². The van der Waals surface area contributed by atoms with E-state index >= 15 is 0 Å². The second-order valence-electron chi connectivity index (χ2n) is 9.22. The normalized spacial score (nSPS) is 12.9. The number of sulfonamides is 1.